The van der Waals surface area contributed by atoms with Crippen molar-refractivity contribution in [3.8, 4) is 0 Å². The SMILES string of the molecule is C=C/C(=C\C(C)(C)C=C)OC(=O)Cl. The van der Waals surface area contributed by atoms with Gasteiger partial charge in [-0.05, 0) is 12.2 Å². The van der Waals surface area contributed by atoms with Gasteiger partial charge in [0.25, 0.3) is 0 Å². The van der Waals surface area contributed by atoms with Crippen molar-refractivity contribution in [3.63, 3.8) is 0 Å². The van der Waals surface area contributed by atoms with Crippen molar-refractivity contribution in [1.82, 2.24) is 0 Å². The highest BCUT2D eigenvalue weighted by atomic mass is 35.5. The molecule has 0 aliphatic rings. The summed E-state index contributed by atoms with van der Waals surface area (Å²) in [5.41, 5.74) is -1.12. The third-order valence-corrected chi connectivity index (χ3v) is 1.52. The molecule has 0 rings (SSSR count). The van der Waals surface area contributed by atoms with Crippen LogP contribution in [0, 0.1) is 5.41 Å². The predicted molar refractivity (Wildman–Crippen MR) is 54.6 cm³/mol. The van der Waals surface area contributed by atoms with Gasteiger partial charge in [0, 0.05) is 17.0 Å². The fourth-order valence-electron chi connectivity index (χ4n) is 0.648. The standard InChI is InChI=1S/C10H13ClO2/c1-5-8(13-9(11)12)7-10(3,4)6-2/h5-7H,1-2H2,3-4H3/b8-7+. The van der Waals surface area contributed by atoms with E-state index < -0.39 is 5.43 Å². The maximum absolute atomic E-state index is 10.4. The molecule has 0 N–H and O–H groups in total. The maximum Gasteiger partial charge on any atom is 0.409 e. The summed E-state index contributed by atoms with van der Waals surface area (Å²) in [7, 11) is 0. The summed E-state index contributed by atoms with van der Waals surface area (Å²) < 4.78 is 4.66. The van der Waals surface area contributed by atoms with Crippen molar-refractivity contribution in [2.45, 2.75) is 13.8 Å². The van der Waals surface area contributed by atoms with Crippen LogP contribution < -0.4 is 0 Å². The maximum atomic E-state index is 10.4. The fraction of sp³-hybridized carbons (Fsp3) is 0.300. The number of halogens is 1. The first-order valence-corrected chi connectivity index (χ1v) is 4.15. The van der Waals surface area contributed by atoms with Gasteiger partial charge >= 0.3 is 5.43 Å². The number of carbonyl (C=O) groups is 1. The molecule has 2 nitrogen and oxygen atoms in total. The smallest absolute Gasteiger partial charge is 0.409 e. The predicted octanol–water partition coefficient (Wildman–Crippen LogP) is 3.64. The van der Waals surface area contributed by atoms with Gasteiger partial charge in [-0.25, -0.2) is 4.79 Å². The van der Waals surface area contributed by atoms with E-state index in [9.17, 15) is 4.79 Å². The van der Waals surface area contributed by atoms with E-state index in [4.69, 9.17) is 11.6 Å². The normalized spacial score (nSPS) is 12.1. The summed E-state index contributed by atoms with van der Waals surface area (Å²) in [5.74, 6) is 0.338. The summed E-state index contributed by atoms with van der Waals surface area (Å²) in [6.45, 7) is 11.0. The largest absolute Gasteiger partial charge is 0.415 e. The molecule has 0 saturated heterocycles. The quantitative estimate of drug-likeness (QED) is 0.300. The molecule has 0 fully saturated rings. The monoisotopic (exact) mass is 200 g/mol. The van der Waals surface area contributed by atoms with Crippen LogP contribution in [0.5, 0.6) is 0 Å². The number of rotatable bonds is 4. The highest BCUT2D eigenvalue weighted by molar-refractivity contribution is 6.61. The van der Waals surface area contributed by atoms with Crippen LogP contribution in [0.3, 0.4) is 0 Å². The van der Waals surface area contributed by atoms with Crippen LogP contribution in [0.1, 0.15) is 13.8 Å². The third kappa shape index (κ3) is 5.26. The lowest BCUT2D eigenvalue weighted by molar-refractivity contribution is 0.205. The zero-order valence-corrected chi connectivity index (χ0v) is 8.60. The molecule has 0 aromatic heterocycles. The van der Waals surface area contributed by atoms with Gasteiger partial charge in [-0.1, -0.05) is 26.5 Å². The molecule has 0 heterocycles. The molecule has 0 aromatic rings. The van der Waals surface area contributed by atoms with E-state index in [-0.39, 0.29) is 5.41 Å². The average Bonchev–Trinajstić information content (AvgIpc) is 2.02. The van der Waals surface area contributed by atoms with E-state index in [2.05, 4.69) is 17.9 Å². The molecule has 0 aliphatic heterocycles. The summed E-state index contributed by atoms with van der Waals surface area (Å²) in [6, 6.07) is 0. The highest BCUT2D eigenvalue weighted by Gasteiger charge is 2.11. The molecular weight excluding hydrogens is 188 g/mol. The van der Waals surface area contributed by atoms with Crippen molar-refractivity contribution >= 4 is 17.0 Å². The van der Waals surface area contributed by atoms with Gasteiger partial charge in [0.15, 0.2) is 0 Å². The van der Waals surface area contributed by atoms with Crippen molar-refractivity contribution in [3.05, 3.63) is 37.1 Å². The van der Waals surface area contributed by atoms with E-state index >= 15 is 0 Å². The number of carbonyl (C=O) groups excluding carboxylic acids is 1. The zero-order chi connectivity index (χ0) is 10.5. The lowest BCUT2D eigenvalue weighted by atomic mass is 9.93. The first-order valence-electron chi connectivity index (χ1n) is 3.77. The van der Waals surface area contributed by atoms with E-state index in [1.807, 2.05) is 13.8 Å². The molecule has 0 radical (unpaired) electrons. The Kier molecular flexibility index (Phi) is 4.49. The molecule has 0 unspecified atom stereocenters. The van der Waals surface area contributed by atoms with E-state index in [0.717, 1.165) is 0 Å². The second kappa shape index (κ2) is 4.87. The molecule has 72 valence electrons. The molecular formula is C10H13ClO2. The van der Waals surface area contributed by atoms with Crippen molar-refractivity contribution in [2.24, 2.45) is 5.41 Å². The van der Waals surface area contributed by atoms with Crippen LogP contribution in [-0.4, -0.2) is 5.43 Å². The second-order valence-electron chi connectivity index (χ2n) is 3.12. The van der Waals surface area contributed by atoms with E-state index in [1.165, 1.54) is 6.08 Å². The van der Waals surface area contributed by atoms with Gasteiger partial charge in [-0.15, -0.1) is 6.58 Å². The van der Waals surface area contributed by atoms with Crippen molar-refractivity contribution in [1.29, 1.82) is 0 Å². The molecule has 0 atom stereocenters. The Morgan fingerprint density at radius 3 is 2.31 bits per heavy atom. The van der Waals surface area contributed by atoms with Gasteiger partial charge < -0.3 is 4.74 Å². The minimum Gasteiger partial charge on any atom is -0.415 e. The molecule has 13 heavy (non-hydrogen) atoms. The summed E-state index contributed by atoms with van der Waals surface area (Å²) >= 11 is 5.05. The highest BCUT2D eigenvalue weighted by Crippen LogP contribution is 2.21. The first kappa shape index (κ1) is 12.0. The van der Waals surface area contributed by atoms with Crippen LogP contribution in [0.2, 0.25) is 0 Å². The summed E-state index contributed by atoms with van der Waals surface area (Å²) in [5, 5.41) is 0. The second-order valence-corrected chi connectivity index (χ2v) is 3.42. The first-order chi connectivity index (χ1) is 5.91. The Morgan fingerprint density at radius 2 is 2.00 bits per heavy atom. The van der Waals surface area contributed by atoms with Gasteiger partial charge in [0.05, 0.1) is 0 Å². The fourth-order valence-corrected chi connectivity index (χ4v) is 0.737. The van der Waals surface area contributed by atoms with Gasteiger partial charge in [-0.3, -0.25) is 0 Å². The number of allylic oxidation sites excluding steroid dienone is 3. The van der Waals surface area contributed by atoms with Crippen LogP contribution in [0.15, 0.2) is 37.1 Å². The molecule has 0 saturated carbocycles. The van der Waals surface area contributed by atoms with E-state index in [0.29, 0.717) is 5.76 Å². The van der Waals surface area contributed by atoms with Gasteiger partial charge in [0.2, 0.25) is 0 Å². The van der Waals surface area contributed by atoms with Crippen LogP contribution in [-0.2, 0) is 4.74 Å². The minimum atomic E-state index is -0.869. The van der Waals surface area contributed by atoms with Gasteiger partial charge in [-0.2, -0.15) is 0 Å². The lowest BCUT2D eigenvalue weighted by Gasteiger charge is -2.14. The van der Waals surface area contributed by atoms with Crippen molar-refractivity contribution in [2.75, 3.05) is 0 Å². The number of ether oxygens (including phenoxy) is 1. The summed E-state index contributed by atoms with van der Waals surface area (Å²) in [4.78, 5) is 10.4. The number of hydrogen-bond acceptors (Lipinski definition) is 2. The molecule has 0 aromatic carbocycles. The van der Waals surface area contributed by atoms with Crippen LogP contribution in [0.25, 0.3) is 0 Å². The summed E-state index contributed by atoms with van der Waals surface area (Å²) in [6.07, 6.45) is 4.87. The third-order valence-electron chi connectivity index (χ3n) is 1.44. The topological polar surface area (TPSA) is 26.3 Å². The Hall–Kier alpha value is -1.02. The molecule has 0 bridgehead atoms. The Morgan fingerprint density at radius 1 is 1.46 bits per heavy atom. The Bertz CT molecular complexity index is 252. The molecule has 0 amide bonds. The van der Waals surface area contributed by atoms with Crippen LogP contribution >= 0.6 is 11.6 Å². The Labute approximate surface area is 83.5 Å². The molecule has 0 aliphatic carbocycles. The molecule has 3 heteroatoms. The molecule has 0 spiro atoms. The van der Waals surface area contributed by atoms with Crippen molar-refractivity contribution < 1.29 is 9.53 Å². The van der Waals surface area contributed by atoms with E-state index in [1.54, 1.807) is 12.2 Å². The Balaban J connectivity index is 4.65. The van der Waals surface area contributed by atoms with Gasteiger partial charge in [0.1, 0.15) is 5.76 Å². The minimum absolute atomic E-state index is 0.254. The average molecular weight is 201 g/mol. The lowest BCUT2D eigenvalue weighted by Crippen LogP contribution is -2.05. The number of hydrogen-bond donors (Lipinski definition) is 0. The van der Waals surface area contributed by atoms with Crippen LogP contribution in [0.4, 0.5) is 4.79 Å². The zero-order valence-electron chi connectivity index (χ0n) is 7.84.